The van der Waals surface area contributed by atoms with Gasteiger partial charge in [-0.3, -0.25) is 0 Å². The Bertz CT molecular complexity index is 318. The Labute approximate surface area is 82.9 Å². The highest BCUT2D eigenvalue weighted by Gasteiger charge is 2.43. The van der Waals surface area contributed by atoms with Gasteiger partial charge in [0.05, 0.1) is 26.4 Å². The highest BCUT2D eigenvalue weighted by Crippen LogP contribution is 2.18. The van der Waals surface area contributed by atoms with Crippen LogP contribution in [0.2, 0.25) is 0 Å². The molecule has 1 aliphatic rings. The zero-order chi connectivity index (χ0) is 10.9. The van der Waals surface area contributed by atoms with Crippen LogP contribution in [-0.4, -0.2) is 37.2 Å². The summed E-state index contributed by atoms with van der Waals surface area (Å²) in [6.45, 7) is 3.67. The van der Waals surface area contributed by atoms with Crippen LogP contribution < -0.4 is 5.43 Å². The molecular formula is C9H15N2O3+. The number of ether oxygens (including phenoxy) is 1. The molecule has 0 aromatic carbocycles. The lowest BCUT2D eigenvalue weighted by atomic mass is 10.2. The van der Waals surface area contributed by atoms with Crippen LogP contribution in [0.4, 0.5) is 0 Å². The molecular weight excluding hydrogens is 184 g/mol. The van der Waals surface area contributed by atoms with Crippen LogP contribution in [-0.2, 0) is 14.3 Å². The van der Waals surface area contributed by atoms with E-state index in [9.17, 15) is 9.59 Å². The third-order valence-electron chi connectivity index (χ3n) is 2.02. The lowest BCUT2D eigenvalue weighted by Gasteiger charge is -2.20. The predicted octanol–water partition coefficient (Wildman–Crippen LogP) is -0.0553. The van der Waals surface area contributed by atoms with Gasteiger partial charge in [0.15, 0.2) is 5.57 Å². The lowest BCUT2D eigenvalue weighted by molar-refractivity contribution is -0.848. The fourth-order valence-electron chi connectivity index (χ4n) is 1.41. The largest absolute Gasteiger partial charge is 0.462 e. The Kier molecular flexibility index (Phi) is 2.62. The normalized spacial score (nSPS) is 19.6. The summed E-state index contributed by atoms with van der Waals surface area (Å²) in [5, 5.41) is 0. The molecule has 0 atom stereocenters. The summed E-state index contributed by atoms with van der Waals surface area (Å²) in [5.74, 6) is -0.813. The molecule has 0 aliphatic carbocycles. The molecule has 0 saturated carbocycles. The second-order valence-corrected chi connectivity index (χ2v) is 3.59. The van der Waals surface area contributed by atoms with E-state index in [0.29, 0.717) is 5.70 Å². The number of carbonyl (C=O) groups is 2. The first kappa shape index (κ1) is 10.7. The highest BCUT2D eigenvalue weighted by molar-refractivity contribution is 6.15. The van der Waals surface area contributed by atoms with Gasteiger partial charge in [-0.1, -0.05) is 0 Å². The molecule has 5 heteroatoms. The quantitative estimate of drug-likeness (QED) is 0.385. The maximum atomic E-state index is 11.7. The van der Waals surface area contributed by atoms with E-state index in [-0.39, 0.29) is 22.7 Å². The van der Waals surface area contributed by atoms with Crippen molar-refractivity contribution in [2.75, 3.05) is 20.7 Å². The maximum Gasteiger partial charge on any atom is 0.379 e. The molecule has 0 radical (unpaired) electrons. The summed E-state index contributed by atoms with van der Waals surface area (Å²) < 4.78 is 4.75. The van der Waals surface area contributed by atoms with Crippen molar-refractivity contribution in [1.29, 1.82) is 0 Å². The van der Waals surface area contributed by atoms with E-state index in [1.807, 2.05) is 0 Å². The second-order valence-electron chi connectivity index (χ2n) is 3.59. The van der Waals surface area contributed by atoms with Crippen LogP contribution in [0.25, 0.3) is 0 Å². The third kappa shape index (κ3) is 1.63. The number of rotatable bonds is 2. The van der Waals surface area contributed by atoms with Gasteiger partial charge < -0.3 is 4.74 Å². The first-order chi connectivity index (χ1) is 6.40. The topological polar surface area (TPSA) is 55.4 Å². The Hall–Kier alpha value is -1.36. The Morgan fingerprint density at radius 1 is 1.50 bits per heavy atom. The zero-order valence-corrected chi connectivity index (χ0v) is 8.88. The molecule has 0 bridgehead atoms. The van der Waals surface area contributed by atoms with Crippen molar-refractivity contribution in [3.63, 3.8) is 0 Å². The molecule has 0 spiro atoms. The number of esters is 1. The third-order valence-corrected chi connectivity index (χ3v) is 2.02. The number of allylic oxidation sites excluding steroid dienone is 1. The van der Waals surface area contributed by atoms with Gasteiger partial charge in [-0.2, -0.15) is 4.59 Å². The molecule has 5 nitrogen and oxygen atoms in total. The number of nitrogens with one attached hydrogen (secondary N) is 1. The number of carbonyl (C=O) groups excluding carboxylic acids is 2. The number of likely N-dealkylation sites (N-methyl/N-ethyl adjacent to an activating group) is 1. The van der Waals surface area contributed by atoms with Crippen LogP contribution >= 0.6 is 0 Å². The predicted molar refractivity (Wildman–Crippen MR) is 49.6 cm³/mol. The van der Waals surface area contributed by atoms with Crippen molar-refractivity contribution >= 4 is 11.9 Å². The summed E-state index contributed by atoms with van der Waals surface area (Å²) >= 11 is 0. The fourth-order valence-corrected chi connectivity index (χ4v) is 1.41. The molecule has 0 unspecified atom stereocenters. The summed E-state index contributed by atoms with van der Waals surface area (Å²) in [5.41, 5.74) is 3.59. The number of quaternary nitrogens is 1. The van der Waals surface area contributed by atoms with E-state index in [1.54, 1.807) is 27.9 Å². The molecule has 1 N–H and O–H groups in total. The molecule has 1 aliphatic heterocycles. The SMILES string of the molecule is CCOC(=O)C1=C(C)N[N+](C)(C)C1=O. The van der Waals surface area contributed by atoms with Crippen molar-refractivity contribution in [2.24, 2.45) is 0 Å². The number of hydrogen-bond donors (Lipinski definition) is 1. The minimum Gasteiger partial charge on any atom is -0.462 e. The minimum absolute atomic E-state index is 0.0417. The van der Waals surface area contributed by atoms with Gasteiger partial charge >= 0.3 is 11.9 Å². The molecule has 0 fully saturated rings. The minimum atomic E-state index is -0.550. The molecule has 1 heterocycles. The summed E-state index contributed by atoms with van der Waals surface area (Å²) in [6.07, 6.45) is 0. The monoisotopic (exact) mass is 199 g/mol. The van der Waals surface area contributed by atoms with E-state index in [0.717, 1.165) is 0 Å². The van der Waals surface area contributed by atoms with Crippen LogP contribution in [0, 0.1) is 0 Å². The van der Waals surface area contributed by atoms with Crippen LogP contribution in [0.5, 0.6) is 0 Å². The van der Waals surface area contributed by atoms with Crippen molar-refractivity contribution < 1.29 is 18.9 Å². The van der Waals surface area contributed by atoms with Crippen LogP contribution in [0.15, 0.2) is 11.3 Å². The summed E-state index contributed by atoms with van der Waals surface area (Å²) in [4.78, 5) is 23.1. The molecule has 0 saturated heterocycles. The Balaban J connectivity index is 2.94. The zero-order valence-electron chi connectivity index (χ0n) is 8.88. The van der Waals surface area contributed by atoms with Gasteiger partial charge in [-0.25, -0.2) is 15.0 Å². The highest BCUT2D eigenvalue weighted by atomic mass is 16.5. The van der Waals surface area contributed by atoms with Crippen molar-refractivity contribution in [2.45, 2.75) is 13.8 Å². The van der Waals surface area contributed by atoms with Crippen molar-refractivity contribution in [3.8, 4) is 0 Å². The van der Waals surface area contributed by atoms with Crippen LogP contribution in [0.3, 0.4) is 0 Å². The van der Waals surface area contributed by atoms with E-state index in [1.165, 1.54) is 0 Å². The molecule has 14 heavy (non-hydrogen) atoms. The Morgan fingerprint density at radius 2 is 2.07 bits per heavy atom. The number of nitrogens with zero attached hydrogens (tertiary/aromatic N) is 1. The molecule has 0 aromatic heterocycles. The van der Waals surface area contributed by atoms with Gasteiger partial charge in [-0.05, 0) is 13.8 Å². The van der Waals surface area contributed by atoms with Gasteiger partial charge in [0.2, 0.25) is 0 Å². The average molecular weight is 199 g/mol. The smallest absolute Gasteiger partial charge is 0.379 e. The Morgan fingerprint density at radius 3 is 2.43 bits per heavy atom. The first-order valence-corrected chi connectivity index (χ1v) is 4.45. The summed E-state index contributed by atoms with van der Waals surface area (Å²) in [6, 6.07) is 0. The van der Waals surface area contributed by atoms with Gasteiger partial charge in [0.1, 0.15) is 0 Å². The maximum absolute atomic E-state index is 11.7. The van der Waals surface area contributed by atoms with Crippen molar-refractivity contribution in [1.82, 2.24) is 5.43 Å². The van der Waals surface area contributed by atoms with E-state index >= 15 is 0 Å². The van der Waals surface area contributed by atoms with E-state index in [4.69, 9.17) is 4.74 Å². The number of amides is 1. The van der Waals surface area contributed by atoms with Gasteiger partial charge in [-0.15, -0.1) is 0 Å². The second kappa shape index (κ2) is 3.42. The fraction of sp³-hybridized carbons (Fsp3) is 0.556. The van der Waals surface area contributed by atoms with Gasteiger partial charge in [0.25, 0.3) is 0 Å². The summed E-state index contributed by atoms with van der Waals surface area (Å²) in [7, 11) is 3.36. The molecule has 1 amide bonds. The van der Waals surface area contributed by atoms with Gasteiger partial charge in [0, 0.05) is 0 Å². The number of hydrogen-bond acceptors (Lipinski definition) is 4. The van der Waals surface area contributed by atoms with E-state index < -0.39 is 5.97 Å². The standard InChI is InChI=1S/C9H14N2O3/c1-5-14-9(13)7-6(2)10-11(3,4)8(7)12/h5H2,1-4H3/p+1. The molecule has 78 valence electrons. The lowest BCUT2D eigenvalue weighted by Crippen LogP contribution is -2.50. The first-order valence-electron chi connectivity index (χ1n) is 4.45. The average Bonchev–Trinajstić information content (AvgIpc) is 2.22. The molecule has 1 rings (SSSR count). The van der Waals surface area contributed by atoms with Crippen molar-refractivity contribution in [3.05, 3.63) is 11.3 Å². The molecule has 0 aromatic rings. The van der Waals surface area contributed by atoms with Crippen LogP contribution in [0.1, 0.15) is 13.8 Å². The van der Waals surface area contributed by atoms with E-state index in [2.05, 4.69) is 5.43 Å².